The van der Waals surface area contributed by atoms with Crippen LogP contribution in [0.4, 0.5) is 5.69 Å². The van der Waals surface area contributed by atoms with Crippen molar-refractivity contribution >= 4 is 15.7 Å². The molecule has 0 bridgehead atoms. The molecule has 5 rings (SSSR count). The lowest BCUT2D eigenvalue weighted by Gasteiger charge is -2.36. The summed E-state index contributed by atoms with van der Waals surface area (Å²) < 4.78 is 28.7. The van der Waals surface area contributed by atoms with E-state index in [2.05, 4.69) is 49.1 Å². The molecule has 3 atom stereocenters. The first-order chi connectivity index (χ1) is 13.8. The maximum atomic E-state index is 13.5. The van der Waals surface area contributed by atoms with Crippen molar-refractivity contribution in [1.82, 2.24) is 4.31 Å². The Hall–Kier alpha value is -2.11. The highest BCUT2D eigenvalue weighted by atomic mass is 32.2. The number of hydrogen-bond acceptors (Lipinski definition) is 3. The molecule has 2 aliphatic heterocycles. The van der Waals surface area contributed by atoms with E-state index in [1.54, 1.807) is 16.4 Å². The Bertz CT molecular complexity index is 1090. The average molecular weight is 409 g/mol. The predicted molar refractivity (Wildman–Crippen MR) is 117 cm³/mol. The van der Waals surface area contributed by atoms with Crippen LogP contribution in [0.25, 0.3) is 0 Å². The van der Waals surface area contributed by atoms with Crippen LogP contribution < -0.4 is 4.90 Å². The summed E-state index contributed by atoms with van der Waals surface area (Å²) in [6.45, 7) is 8.20. The Balaban J connectivity index is 1.58. The van der Waals surface area contributed by atoms with Crippen LogP contribution in [0, 0.1) is 12.3 Å². The van der Waals surface area contributed by atoms with Crippen molar-refractivity contribution in [3.05, 3.63) is 71.3 Å². The molecule has 0 radical (unpaired) electrons. The van der Waals surface area contributed by atoms with Crippen LogP contribution in [0.3, 0.4) is 0 Å². The number of anilines is 1. The van der Waals surface area contributed by atoms with E-state index in [0.717, 1.165) is 18.5 Å². The second kappa shape index (κ2) is 6.44. The van der Waals surface area contributed by atoms with Crippen LogP contribution in [0.15, 0.2) is 65.1 Å². The largest absolute Gasteiger partial charge is 0.365 e. The van der Waals surface area contributed by atoms with Gasteiger partial charge in [0.2, 0.25) is 10.0 Å². The summed E-state index contributed by atoms with van der Waals surface area (Å²) in [4.78, 5) is 2.87. The first-order valence-electron chi connectivity index (χ1n) is 10.5. The molecule has 0 amide bonds. The standard InChI is InChI=1S/C24H28N2O2S/c1-4-18-15-24(3)16-25(29(27,28)19-11-9-17(2)10-12-19)13-14-26-21-8-6-5-7-20(21)22(18)23(24)26/h5-12,15,22-23H,4,13-14,16H2,1-3H3/t22?,23?,24-/m1/s1. The van der Waals surface area contributed by atoms with Crippen LogP contribution in [0.5, 0.6) is 0 Å². The highest BCUT2D eigenvalue weighted by Gasteiger charge is 2.55. The summed E-state index contributed by atoms with van der Waals surface area (Å²) in [7, 11) is -3.52. The molecule has 2 heterocycles. The van der Waals surface area contributed by atoms with E-state index in [-0.39, 0.29) is 5.41 Å². The number of hydrogen-bond donors (Lipinski definition) is 0. The van der Waals surface area contributed by atoms with Crippen molar-refractivity contribution in [2.45, 2.75) is 44.0 Å². The molecule has 0 spiro atoms. The number of benzene rings is 2. The van der Waals surface area contributed by atoms with E-state index in [0.29, 0.717) is 29.9 Å². The molecule has 5 heteroatoms. The minimum atomic E-state index is -3.52. The van der Waals surface area contributed by atoms with Gasteiger partial charge in [-0.2, -0.15) is 4.31 Å². The molecule has 0 N–H and O–H groups in total. The lowest BCUT2D eigenvalue weighted by Crippen LogP contribution is -2.45. The third-order valence-electron chi connectivity index (χ3n) is 7.00. The van der Waals surface area contributed by atoms with Gasteiger partial charge in [-0.15, -0.1) is 0 Å². The summed E-state index contributed by atoms with van der Waals surface area (Å²) in [5.74, 6) is 0.378. The zero-order valence-corrected chi connectivity index (χ0v) is 18.1. The van der Waals surface area contributed by atoms with Crippen LogP contribution in [-0.4, -0.2) is 38.4 Å². The van der Waals surface area contributed by atoms with Gasteiger partial charge >= 0.3 is 0 Å². The number of sulfonamides is 1. The molecule has 2 aromatic rings. The molecule has 0 saturated carbocycles. The van der Waals surface area contributed by atoms with Gasteiger partial charge in [0.25, 0.3) is 0 Å². The molecule has 3 aliphatic rings. The van der Waals surface area contributed by atoms with Crippen molar-refractivity contribution in [2.75, 3.05) is 24.5 Å². The van der Waals surface area contributed by atoms with Crippen molar-refractivity contribution in [3.8, 4) is 0 Å². The smallest absolute Gasteiger partial charge is 0.243 e. The molecule has 1 aliphatic carbocycles. The minimum absolute atomic E-state index is 0.205. The maximum absolute atomic E-state index is 13.5. The normalized spacial score (nSPS) is 28.7. The second-order valence-corrected chi connectivity index (χ2v) is 10.8. The zero-order valence-electron chi connectivity index (χ0n) is 17.3. The topological polar surface area (TPSA) is 40.6 Å². The number of aryl methyl sites for hydroxylation is 1. The SMILES string of the molecule is CCC1=C[C@]2(C)CN(S(=O)(=O)c3ccc(C)cc3)CCN3c4ccccc4C1C32. The van der Waals surface area contributed by atoms with Gasteiger partial charge in [0, 0.05) is 42.7 Å². The first-order valence-corrected chi connectivity index (χ1v) is 11.9. The van der Waals surface area contributed by atoms with Gasteiger partial charge < -0.3 is 4.90 Å². The Kier molecular flexibility index (Phi) is 4.20. The number of para-hydroxylation sites is 1. The predicted octanol–water partition coefficient (Wildman–Crippen LogP) is 4.33. The third-order valence-corrected chi connectivity index (χ3v) is 8.86. The maximum Gasteiger partial charge on any atom is 0.243 e. The lowest BCUT2D eigenvalue weighted by molar-refractivity contribution is 0.287. The Morgan fingerprint density at radius 3 is 2.52 bits per heavy atom. The van der Waals surface area contributed by atoms with Crippen molar-refractivity contribution in [1.29, 1.82) is 0 Å². The van der Waals surface area contributed by atoms with Crippen molar-refractivity contribution < 1.29 is 8.42 Å². The highest BCUT2D eigenvalue weighted by molar-refractivity contribution is 7.89. The van der Waals surface area contributed by atoms with E-state index < -0.39 is 10.0 Å². The van der Waals surface area contributed by atoms with Crippen LogP contribution in [0.1, 0.15) is 37.3 Å². The fourth-order valence-corrected chi connectivity index (χ4v) is 7.26. The van der Waals surface area contributed by atoms with Gasteiger partial charge in [0.1, 0.15) is 0 Å². The fraction of sp³-hybridized carbons (Fsp3) is 0.417. The van der Waals surface area contributed by atoms with Crippen LogP contribution >= 0.6 is 0 Å². The van der Waals surface area contributed by atoms with Crippen LogP contribution in [0.2, 0.25) is 0 Å². The summed E-state index contributed by atoms with van der Waals surface area (Å²) in [6.07, 6.45) is 3.39. The summed E-state index contributed by atoms with van der Waals surface area (Å²) in [5, 5.41) is 0. The van der Waals surface area contributed by atoms with Crippen molar-refractivity contribution in [3.63, 3.8) is 0 Å². The number of fused-ring (bicyclic) bond motifs is 3. The molecule has 4 nitrogen and oxygen atoms in total. The molecule has 29 heavy (non-hydrogen) atoms. The summed E-state index contributed by atoms with van der Waals surface area (Å²) in [5.41, 5.74) is 5.00. The number of rotatable bonds is 3. The van der Waals surface area contributed by atoms with E-state index in [1.165, 1.54) is 16.8 Å². The number of nitrogens with zero attached hydrogens (tertiary/aromatic N) is 2. The van der Waals surface area contributed by atoms with Crippen LogP contribution in [-0.2, 0) is 10.0 Å². The second-order valence-electron chi connectivity index (χ2n) is 8.90. The Morgan fingerprint density at radius 2 is 1.79 bits per heavy atom. The summed E-state index contributed by atoms with van der Waals surface area (Å²) in [6, 6.07) is 16.2. The fourth-order valence-electron chi connectivity index (χ4n) is 5.71. The molecule has 2 aromatic carbocycles. The molecule has 2 unspecified atom stereocenters. The van der Waals surface area contributed by atoms with Gasteiger partial charge in [-0.05, 0) is 37.1 Å². The van der Waals surface area contributed by atoms with Gasteiger partial charge in [0.15, 0.2) is 0 Å². The van der Waals surface area contributed by atoms with Gasteiger partial charge in [0.05, 0.1) is 4.90 Å². The van der Waals surface area contributed by atoms with Gasteiger partial charge in [-0.3, -0.25) is 0 Å². The van der Waals surface area contributed by atoms with Crippen molar-refractivity contribution in [2.24, 2.45) is 5.41 Å². The molecule has 1 saturated heterocycles. The Labute approximate surface area is 173 Å². The van der Waals surface area contributed by atoms with E-state index in [1.807, 2.05) is 19.1 Å². The van der Waals surface area contributed by atoms with E-state index in [9.17, 15) is 8.42 Å². The van der Waals surface area contributed by atoms with Gasteiger partial charge in [-0.25, -0.2) is 8.42 Å². The molecule has 152 valence electrons. The summed E-state index contributed by atoms with van der Waals surface area (Å²) >= 11 is 0. The Morgan fingerprint density at radius 1 is 1.07 bits per heavy atom. The van der Waals surface area contributed by atoms with E-state index in [4.69, 9.17) is 0 Å². The highest BCUT2D eigenvalue weighted by Crippen LogP contribution is 2.57. The molecular weight excluding hydrogens is 380 g/mol. The first kappa shape index (κ1) is 18.9. The molecular formula is C24H28N2O2S. The molecule has 1 fully saturated rings. The lowest BCUT2D eigenvalue weighted by atomic mass is 9.81. The van der Waals surface area contributed by atoms with E-state index >= 15 is 0 Å². The third kappa shape index (κ3) is 2.71. The van der Waals surface area contributed by atoms with Gasteiger partial charge in [-0.1, -0.05) is 61.4 Å². The quantitative estimate of drug-likeness (QED) is 0.710. The monoisotopic (exact) mass is 408 g/mol. The average Bonchev–Trinajstić information content (AvgIpc) is 3.13. The zero-order chi connectivity index (χ0) is 20.4. The minimum Gasteiger partial charge on any atom is -0.365 e. The molecule has 0 aromatic heterocycles.